The number of ether oxygens (including phenoxy) is 2. The molecule has 5 heteroatoms. The van der Waals surface area contributed by atoms with Crippen molar-refractivity contribution >= 4 is 17.2 Å². The molecule has 0 fully saturated rings. The molecule has 0 N–H and O–H groups in total. The van der Waals surface area contributed by atoms with Crippen molar-refractivity contribution in [1.82, 2.24) is 4.90 Å². The molecule has 0 bridgehead atoms. The molecule has 106 valence electrons. The van der Waals surface area contributed by atoms with E-state index >= 15 is 0 Å². The van der Waals surface area contributed by atoms with Crippen molar-refractivity contribution in [2.75, 3.05) is 20.8 Å². The van der Waals surface area contributed by atoms with E-state index in [4.69, 9.17) is 9.47 Å². The average molecular weight is 291 g/mol. The Bertz CT molecular complexity index is 554. The number of carbonyl (C=O) groups is 1. The van der Waals surface area contributed by atoms with Gasteiger partial charge in [0.2, 0.25) is 0 Å². The summed E-state index contributed by atoms with van der Waals surface area (Å²) >= 11 is 1.63. The summed E-state index contributed by atoms with van der Waals surface area (Å²) in [5.74, 6) is 1.14. The summed E-state index contributed by atoms with van der Waals surface area (Å²) in [6.07, 6.45) is 0. The van der Waals surface area contributed by atoms with E-state index < -0.39 is 0 Å². The number of likely N-dealkylation sites (N-methyl/N-ethyl adjacent to an activating group) is 1. The summed E-state index contributed by atoms with van der Waals surface area (Å²) in [5, 5.41) is 2.00. The topological polar surface area (TPSA) is 38.8 Å². The fourth-order valence-electron chi connectivity index (χ4n) is 1.71. The van der Waals surface area contributed by atoms with Crippen LogP contribution < -0.4 is 9.47 Å². The summed E-state index contributed by atoms with van der Waals surface area (Å²) in [4.78, 5) is 14.8. The third-order valence-corrected chi connectivity index (χ3v) is 3.68. The minimum Gasteiger partial charge on any atom is -0.493 e. The van der Waals surface area contributed by atoms with E-state index in [1.54, 1.807) is 42.5 Å². The third kappa shape index (κ3) is 3.74. The number of hydrogen-bond donors (Lipinski definition) is 0. The van der Waals surface area contributed by atoms with Crippen LogP contribution in [-0.4, -0.2) is 31.6 Å². The Morgan fingerprint density at radius 3 is 2.60 bits per heavy atom. The molecular weight excluding hydrogens is 274 g/mol. The summed E-state index contributed by atoms with van der Waals surface area (Å²) < 4.78 is 10.7. The first kappa shape index (κ1) is 14.4. The Balaban J connectivity index is 1.88. The van der Waals surface area contributed by atoms with Gasteiger partial charge in [0.1, 0.15) is 0 Å². The van der Waals surface area contributed by atoms with E-state index in [0.717, 1.165) is 4.88 Å². The Labute approximate surface area is 122 Å². The normalized spacial score (nSPS) is 10.1. The molecule has 4 nitrogen and oxygen atoms in total. The van der Waals surface area contributed by atoms with Gasteiger partial charge in [-0.1, -0.05) is 18.2 Å². The van der Waals surface area contributed by atoms with Gasteiger partial charge in [-0.3, -0.25) is 4.79 Å². The average Bonchev–Trinajstić information content (AvgIpc) is 2.97. The number of thiophene rings is 1. The standard InChI is InChI=1S/C15H17NO3S/c1-16(10-12-6-5-9-20-12)15(17)11-19-14-8-4-3-7-13(14)18-2/h3-9H,10-11H2,1-2H3. The Morgan fingerprint density at radius 2 is 1.95 bits per heavy atom. The second-order valence-corrected chi connectivity index (χ2v) is 5.30. The SMILES string of the molecule is COc1ccccc1OCC(=O)N(C)Cc1cccs1. The lowest BCUT2D eigenvalue weighted by Gasteiger charge is -2.17. The lowest BCUT2D eigenvalue weighted by atomic mass is 10.3. The fourth-order valence-corrected chi connectivity index (χ4v) is 2.47. The minimum absolute atomic E-state index is 0.00223. The van der Waals surface area contributed by atoms with E-state index in [0.29, 0.717) is 18.0 Å². The van der Waals surface area contributed by atoms with Gasteiger partial charge in [-0.25, -0.2) is 0 Å². The lowest BCUT2D eigenvalue weighted by molar-refractivity contribution is -0.132. The molecule has 0 radical (unpaired) electrons. The number of hydrogen-bond acceptors (Lipinski definition) is 4. The number of amides is 1. The third-order valence-electron chi connectivity index (χ3n) is 2.82. The number of methoxy groups -OCH3 is 1. The van der Waals surface area contributed by atoms with E-state index in [-0.39, 0.29) is 12.5 Å². The van der Waals surface area contributed by atoms with Crippen LogP contribution in [0.1, 0.15) is 4.88 Å². The van der Waals surface area contributed by atoms with Gasteiger partial charge < -0.3 is 14.4 Å². The molecule has 1 aromatic heterocycles. The number of benzene rings is 1. The van der Waals surface area contributed by atoms with Gasteiger partial charge in [0, 0.05) is 11.9 Å². The van der Waals surface area contributed by atoms with Gasteiger partial charge in [-0.05, 0) is 23.6 Å². The first-order chi connectivity index (χ1) is 9.70. The van der Waals surface area contributed by atoms with Crippen molar-refractivity contribution in [1.29, 1.82) is 0 Å². The predicted molar refractivity (Wildman–Crippen MR) is 79.3 cm³/mol. The molecule has 0 aliphatic rings. The van der Waals surface area contributed by atoms with Gasteiger partial charge in [-0.2, -0.15) is 0 Å². The quantitative estimate of drug-likeness (QED) is 0.821. The molecular formula is C15H17NO3S. The van der Waals surface area contributed by atoms with Gasteiger partial charge in [-0.15, -0.1) is 11.3 Å². The van der Waals surface area contributed by atoms with E-state index in [9.17, 15) is 4.79 Å². The second kappa shape index (κ2) is 6.96. The van der Waals surface area contributed by atoms with Gasteiger partial charge in [0.25, 0.3) is 5.91 Å². The van der Waals surface area contributed by atoms with Gasteiger partial charge in [0.15, 0.2) is 18.1 Å². The van der Waals surface area contributed by atoms with Crippen LogP contribution >= 0.6 is 11.3 Å². The highest BCUT2D eigenvalue weighted by molar-refractivity contribution is 7.09. The molecule has 1 heterocycles. The van der Waals surface area contributed by atoms with E-state index in [2.05, 4.69) is 0 Å². The number of carbonyl (C=O) groups excluding carboxylic acids is 1. The largest absolute Gasteiger partial charge is 0.493 e. The number of para-hydroxylation sites is 2. The molecule has 0 saturated carbocycles. The van der Waals surface area contributed by atoms with Gasteiger partial charge in [0.05, 0.1) is 13.7 Å². The van der Waals surface area contributed by atoms with Crippen molar-refractivity contribution in [2.45, 2.75) is 6.54 Å². The molecule has 0 aliphatic carbocycles. The van der Waals surface area contributed by atoms with Crippen LogP contribution in [-0.2, 0) is 11.3 Å². The predicted octanol–water partition coefficient (Wildman–Crippen LogP) is 2.79. The Morgan fingerprint density at radius 1 is 1.20 bits per heavy atom. The van der Waals surface area contributed by atoms with Gasteiger partial charge >= 0.3 is 0 Å². The van der Waals surface area contributed by atoms with Crippen LogP contribution in [0.4, 0.5) is 0 Å². The molecule has 2 rings (SSSR count). The zero-order chi connectivity index (χ0) is 14.4. The summed E-state index contributed by atoms with van der Waals surface area (Å²) in [5.41, 5.74) is 0. The van der Waals surface area contributed by atoms with Crippen LogP contribution in [0.15, 0.2) is 41.8 Å². The molecule has 0 unspecified atom stereocenters. The highest BCUT2D eigenvalue weighted by Gasteiger charge is 2.12. The highest BCUT2D eigenvalue weighted by atomic mass is 32.1. The van der Waals surface area contributed by atoms with Crippen LogP contribution in [0.5, 0.6) is 11.5 Å². The van der Waals surface area contributed by atoms with E-state index in [1.165, 1.54) is 0 Å². The molecule has 20 heavy (non-hydrogen) atoms. The maximum Gasteiger partial charge on any atom is 0.260 e. The van der Waals surface area contributed by atoms with Crippen LogP contribution in [0.2, 0.25) is 0 Å². The monoisotopic (exact) mass is 291 g/mol. The second-order valence-electron chi connectivity index (χ2n) is 4.27. The maximum atomic E-state index is 12.0. The molecule has 1 amide bonds. The van der Waals surface area contributed by atoms with Crippen LogP contribution in [0.3, 0.4) is 0 Å². The highest BCUT2D eigenvalue weighted by Crippen LogP contribution is 2.25. The molecule has 0 atom stereocenters. The zero-order valence-electron chi connectivity index (χ0n) is 11.5. The molecule has 0 spiro atoms. The zero-order valence-corrected chi connectivity index (χ0v) is 12.4. The van der Waals surface area contributed by atoms with Crippen molar-refractivity contribution in [3.05, 3.63) is 46.7 Å². The molecule has 0 aliphatic heterocycles. The van der Waals surface area contributed by atoms with Crippen molar-refractivity contribution < 1.29 is 14.3 Å². The molecule has 2 aromatic rings. The number of nitrogens with zero attached hydrogens (tertiary/aromatic N) is 1. The van der Waals surface area contributed by atoms with Crippen LogP contribution in [0.25, 0.3) is 0 Å². The summed E-state index contributed by atoms with van der Waals surface area (Å²) in [6.45, 7) is 0.605. The smallest absolute Gasteiger partial charge is 0.260 e. The first-order valence-electron chi connectivity index (χ1n) is 6.23. The lowest BCUT2D eigenvalue weighted by Crippen LogP contribution is -2.30. The Hall–Kier alpha value is -2.01. The first-order valence-corrected chi connectivity index (χ1v) is 7.11. The molecule has 1 aromatic carbocycles. The number of rotatable bonds is 6. The summed E-state index contributed by atoms with van der Waals surface area (Å²) in [7, 11) is 3.35. The van der Waals surface area contributed by atoms with Crippen molar-refractivity contribution in [2.24, 2.45) is 0 Å². The summed E-state index contributed by atoms with van der Waals surface area (Å²) in [6, 6.07) is 11.3. The van der Waals surface area contributed by atoms with E-state index in [1.807, 2.05) is 29.6 Å². The Kier molecular flexibility index (Phi) is 5.01. The van der Waals surface area contributed by atoms with Crippen molar-refractivity contribution in [3.63, 3.8) is 0 Å². The van der Waals surface area contributed by atoms with Crippen LogP contribution in [0, 0.1) is 0 Å². The minimum atomic E-state index is -0.0655. The molecule has 0 saturated heterocycles. The fraction of sp³-hybridized carbons (Fsp3) is 0.267. The van der Waals surface area contributed by atoms with Crippen molar-refractivity contribution in [3.8, 4) is 11.5 Å². The maximum absolute atomic E-state index is 12.0.